The number of anilines is 1. The maximum absolute atomic E-state index is 6.00. The molecule has 0 aliphatic rings. The Hall–Kier alpha value is -1.84. The molecule has 1 aromatic carbocycles. The van der Waals surface area contributed by atoms with Crippen LogP contribution in [0.3, 0.4) is 0 Å². The van der Waals surface area contributed by atoms with Gasteiger partial charge in [0.2, 0.25) is 0 Å². The van der Waals surface area contributed by atoms with Crippen molar-refractivity contribution in [3.63, 3.8) is 0 Å². The standard InChI is InChI=1S/C10H12N4/c1-7-3-4-9(10(11)8(7)2)14-5-12-13-6-14/h3-6H,11H2,1-2H3. The summed E-state index contributed by atoms with van der Waals surface area (Å²) < 4.78 is 1.81. The van der Waals surface area contributed by atoms with Gasteiger partial charge in [-0.25, -0.2) is 0 Å². The third-order valence-corrected chi connectivity index (χ3v) is 2.46. The Labute approximate surface area is 82.4 Å². The Morgan fingerprint density at radius 2 is 1.79 bits per heavy atom. The second kappa shape index (κ2) is 3.14. The normalized spacial score (nSPS) is 10.4. The first-order chi connectivity index (χ1) is 6.70. The van der Waals surface area contributed by atoms with Crippen LogP contribution in [0.15, 0.2) is 24.8 Å². The number of hydrogen-bond acceptors (Lipinski definition) is 3. The van der Waals surface area contributed by atoms with Gasteiger partial charge in [0, 0.05) is 0 Å². The molecule has 0 unspecified atom stereocenters. The van der Waals surface area contributed by atoms with Crippen molar-refractivity contribution < 1.29 is 0 Å². The van der Waals surface area contributed by atoms with Crippen LogP contribution in [-0.2, 0) is 0 Å². The number of aromatic nitrogens is 3. The molecule has 4 nitrogen and oxygen atoms in total. The fourth-order valence-electron chi connectivity index (χ4n) is 1.37. The van der Waals surface area contributed by atoms with E-state index in [9.17, 15) is 0 Å². The van der Waals surface area contributed by atoms with E-state index in [0.717, 1.165) is 16.9 Å². The summed E-state index contributed by atoms with van der Waals surface area (Å²) in [6.07, 6.45) is 3.28. The summed E-state index contributed by atoms with van der Waals surface area (Å²) in [5.41, 5.74) is 10.0. The Bertz CT molecular complexity index is 445. The first-order valence-corrected chi connectivity index (χ1v) is 4.41. The molecule has 4 heteroatoms. The van der Waals surface area contributed by atoms with Gasteiger partial charge in [0.1, 0.15) is 12.7 Å². The van der Waals surface area contributed by atoms with Crippen molar-refractivity contribution in [2.45, 2.75) is 13.8 Å². The van der Waals surface area contributed by atoms with Crippen LogP contribution in [0.5, 0.6) is 0 Å². The topological polar surface area (TPSA) is 56.7 Å². The summed E-state index contributed by atoms with van der Waals surface area (Å²) in [4.78, 5) is 0. The smallest absolute Gasteiger partial charge is 0.123 e. The lowest BCUT2D eigenvalue weighted by Crippen LogP contribution is -2.01. The molecule has 2 aromatic rings. The van der Waals surface area contributed by atoms with Crippen LogP contribution in [0, 0.1) is 13.8 Å². The molecular formula is C10H12N4. The molecule has 0 saturated heterocycles. The highest BCUT2D eigenvalue weighted by atomic mass is 15.2. The molecule has 2 rings (SSSR count). The lowest BCUT2D eigenvalue weighted by molar-refractivity contribution is 1.05. The van der Waals surface area contributed by atoms with E-state index in [1.807, 2.05) is 30.5 Å². The highest BCUT2D eigenvalue weighted by molar-refractivity contribution is 5.64. The van der Waals surface area contributed by atoms with Gasteiger partial charge < -0.3 is 5.73 Å². The van der Waals surface area contributed by atoms with E-state index in [1.165, 1.54) is 5.56 Å². The van der Waals surface area contributed by atoms with Gasteiger partial charge in [-0.15, -0.1) is 10.2 Å². The Balaban J connectivity index is 2.61. The molecule has 14 heavy (non-hydrogen) atoms. The van der Waals surface area contributed by atoms with Crippen molar-refractivity contribution in [3.8, 4) is 5.69 Å². The second-order valence-electron chi connectivity index (χ2n) is 3.31. The molecule has 0 saturated carbocycles. The number of nitrogens with two attached hydrogens (primary N) is 1. The maximum atomic E-state index is 6.00. The first kappa shape index (κ1) is 8.74. The second-order valence-corrected chi connectivity index (χ2v) is 3.31. The molecule has 0 aliphatic heterocycles. The number of nitrogens with zero attached hydrogens (tertiary/aromatic N) is 3. The zero-order chi connectivity index (χ0) is 10.1. The van der Waals surface area contributed by atoms with Gasteiger partial charge >= 0.3 is 0 Å². The average molecular weight is 188 g/mol. The van der Waals surface area contributed by atoms with E-state index in [4.69, 9.17) is 5.73 Å². The van der Waals surface area contributed by atoms with Gasteiger partial charge in [-0.2, -0.15) is 0 Å². The minimum atomic E-state index is 0.782. The highest BCUT2D eigenvalue weighted by Gasteiger charge is 2.05. The zero-order valence-corrected chi connectivity index (χ0v) is 8.23. The molecule has 2 N–H and O–H groups in total. The Morgan fingerprint density at radius 3 is 2.43 bits per heavy atom. The fourth-order valence-corrected chi connectivity index (χ4v) is 1.37. The van der Waals surface area contributed by atoms with E-state index in [1.54, 1.807) is 12.7 Å². The SMILES string of the molecule is Cc1ccc(-n2cnnc2)c(N)c1C. The molecule has 0 aliphatic carbocycles. The minimum absolute atomic E-state index is 0.782. The van der Waals surface area contributed by atoms with Crippen molar-refractivity contribution >= 4 is 5.69 Å². The van der Waals surface area contributed by atoms with Crippen molar-refractivity contribution in [3.05, 3.63) is 35.9 Å². The van der Waals surface area contributed by atoms with Gasteiger partial charge in [-0.05, 0) is 31.0 Å². The van der Waals surface area contributed by atoms with Crippen LogP contribution >= 0.6 is 0 Å². The molecular weight excluding hydrogens is 176 g/mol. The van der Waals surface area contributed by atoms with Crippen molar-refractivity contribution in [2.75, 3.05) is 5.73 Å². The number of rotatable bonds is 1. The summed E-state index contributed by atoms with van der Waals surface area (Å²) in [6.45, 7) is 4.06. The van der Waals surface area contributed by atoms with E-state index < -0.39 is 0 Å². The van der Waals surface area contributed by atoms with Crippen LogP contribution < -0.4 is 5.73 Å². The third-order valence-electron chi connectivity index (χ3n) is 2.46. The van der Waals surface area contributed by atoms with E-state index in [0.29, 0.717) is 0 Å². The lowest BCUT2D eigenvalue weighted by Gasteiger charge is -2.10. The molecule has 0 bridgehead atoms. The molecule has 1 heterocycles. The number of hydrogen-bond donors (Lipinski definition) is 1. The molecule has 1 aromatic heterocycles. The molecule has 0 amide bonds. The predicted molar refractivity (Wildman–Crippen MR) is 55.2 cm³/mol. The minimum Gasteiger partial charge on any atom is -0.397 e. The third kappa shape index (κ3) is 1.25. The zero-order valence-electron chi connectivity index (χ0n) is 8.23. The quantitative estimate of drug-likeness (QED) is 0.689. The van der Waals surface area contributed by atoms with Crippen molar-refractivity contribution in [1.29, 1.82) is 0 Å². The van der Waals surface area contributed by atoms with Gasteiger partial charge in [0.25, 0.3) is 0 Å². The fraction of sp³-hybridized carbons (Fsp3) is 0.200. The van der Waals surface area contributed by atoms with Gasteiger partial charge in [-0.1, -0.05) is 6.07 Å². The summed E-state index contributed by atoms with van der Waals surface area (Å²) >= 11 is 0. The van der Waals surface area contributed by atoms with Crippen molar-refractivity contribution in [2.24, 2.45) is 0 Å². The van der Waals surface area contributed by atoms with Crippen LogP contribution in [0.1, 0.15) is 11.1 Å². The van der Waals surface area contributed by atoms with Gasteiger partial charge in [0.05, 0.1) is 11.4 Å². The molecule has 72 valence electrons. The largest absolute Gasteiger partial charge is 0.397 e. The first-order valence-electron chi connectivity index (χ1n) is 4.41. The van der Waals surface area contributed by atoms with E-state index in [-0.39, 0.29) is 0 Å². The van der Waals surface area contributed by atoms with Crippen LogP contribution in [-0.4, -0.2) is 14.8 Å². The lowest BCUT2D eigenvalue weighted by atomic mass is 10.1. The predicted octanol–water partition coefficient (Wildman–Crippen LogP) is 1.47. The average Bonchev–Trinajstić information content (AvgIpc) is 2.67. The number of nitrogen functional groups attached to an aromatic ring is 1. The Morgan fingerprint density at radius 1 is 1.14 bits per heavy atom. The van der Waals surface area contributed by atoms with Crippen LogP contribution in [0.2, 0.25) is 0 Å². The summed E-state index contributed by atoms with van der Waals surface area (Å²) in [6, 6.07) is 4.02. The number of benzene rings is 1. The molecule has 0 fully saturated rings. The summed E-state index contributed by atoms with van der Waals surface area (Å²) in [5, 5.41) is 7.50. The van der Waals surface area contributed by atoms with Crippen LogP contribution in [0.25, 0.3) is 5.69 Å². The summed E-state index contributed by atoms with van der Waals surface area (Å²) in [5.74, 6) is 0. The Kier molecular flexibility index (Phi) is 1.96. The maximum Gasteiger partial charge on any atom is 0.123 e. The molecule has 0 atom stereocenters. The van der Waals surface area contributed by atoms with Gasteiger partial charge in [-0.3, -0.25) is 4.57 Å². The van der Waals surface area contributed by atoms with Gasteiger partial charge in [0.15, 0.2) is 0 Å². The molecule has 0 spiro atoms. The monoisotopic (exact) mass is 188 g/mol. The van der Waals surface area contributed by atoms with E-state index >= 15 is 0 Å². The molecule has 0 radical (unpaired) electrons. The highest BCUT2D eigenvalue weighted by Crippen LogP contribution is 2.23. The summed E-state index contributed by atoms with van der Waals surface area (Å²) in [7, 11) is 0. The van der Waals surface area contributed by atoms with E-state index in [2.05, 4.69) is 10.2 Å². The number of aryl methyl sites for hydroxylation is 1. The van der Waals surface area contributed by atoms with Crippen molar-refractivity contribution in [1.82, 2.24) is 14.8 Å². The van der Waals surface area contributed by atoms with Crippen LogP contribution in [0.4, 0.5) is 5.69 Å².